The molecule has 1 fully saturated rings. The van der Waals surface area contributed by atoms with E-state index in [0.29, 0.717) is 11.3 Å². The van der Waals surface area contributed by atoms with E-state index < -0.39 is 0 Å². The van der Waals surface area contributed by atoms with Crippen LogP contribution in [0.5, 0.6) is 0 Å². The van der Waals surface area contributed by atoms with Crippen LogP contribution in [-0.4, -0.2) is 47.9 Å². The number of hydrogen-bond donors (Lipinski definition) is 1. The molecule has 2 heterocycles. The van der Waals surface area contributed by atoms with Gasteiger partial charge in [-0.25, -0.2) is 4.39 Å². The van der Waals surface area contributed by atoms with Crippen molar-refractivity contribution in [3.05, 3.63) is 52.0 Å². The van der Waals surface area contributed by atoms with E-state index in [0.717, 1.165) is 32.7 Å². The number of nitrogens with zero attached hydrogens (tertiary/aromatic N) is 2. The lowest BCUT2D eigenvalue weighted by Crippen LogP contribution is -2.52. The summed E-state index contributed by atoms with van der Waals surface area (Å²) in [7, 11) is 0. The molecule has 134 valence electrons. The highest BCUT2D eigenvalue weighted by Crippen LogP contribution is 2.16. The first-order valence-corrected chi connectivity index (χ1v) is 9.51. The number of rotatable bonds is 5. The summed E-state index contributed by atoms with van der Waals surface area (Å²) in [5, 5.41) is 7.11. The van der Waals surface area contributed by atoms with Crippen LogP contribution < -0.4 is 5.32 Å². The lowest BCUT2D eigenvalue weighted by Gasteiger charge is -2.37. The van der Waals surface area contributed by atoms with E-state index in [1.807, 2.05) is 6.92 Å². The first-order chi connectivity index (χ1) is 12.0. The van der Waals surface area contributed by atoms with Gasteiger partial charge >= 0.3 is 0 Å². The molecule has 0 radical (unpaired) electrons. The molecule has 1 aromatic heterocycles. The summed E-state index contributed by atoms with van der Waals surface area (Å²) < 4.78 is 13.6. The van der Waals surface area contributed by atoms with Gasteiger partial charge in [-0.1, -0.05) is 6.07 Å². The maximum absolute atomic E-state index is 13.6. The molecule has 25 heavy (non-hydrogen) atoms. The van der Waals surface area contributed by atoms with E-state index in [1.54, 1.807) is 30.4 Å². The van der Waals surface area contributed by atoms with Crippen molar-refractivity contribution in [1.82, 2.24) is 9.80 Å². The zero-order chi connectivity index (χ0) is 17.8. The summed E-state index contributed by atoms with van der Waals surface area (Å²) >= 11 is 1.72. The molecule has 1 aromatic carbocycles. The molecular weight excluding hydrogens is 337 g/mol. The second kappa shape index (κ2) is 8.08. The Hall–Kier alpha value is -1.76. The van der Waals surface area contributed by atoms with Crippen LogP contribution in [0.4, 0.5) is 10.1 Å². The van der Waals surface area contributed by atoms with Gasteiger partial charge in [-0.2, -0.15) is 11.3 Å². The number of halogens is 1. The van der Waals surface area contributed by atoms with Gasteiger partial charge in [0.1, 0.15) is 5.82 Å². The predicted molar refractivity (Wildman–Crippen MR) is 100 cm³/mol. The molecule has 1 N–H and O–H groups in total. The number of aryl methyl sites for hydroxylation is 1. The predicted octanol–water partition coefficient (Wildman–Crippen LogP) is 3.34. The van der Waals surface area contributed by atoms with Crippen molar-refractivity contribution in [1.29, 1.82) is 0 Å². The monoisotopic (exact) mass is 361 g/mol. The van der Waals surface area contributed by atoms with Crippen molar-refractivity contribution in [3.8, 4) is 0 Å². The first kappa shape index (κ1) is 18.0. The molecule has 6 heteroatoms. The molecular formula is C19H24FN3OS. The van der Waals surface area contributed by atoms with Gasteiger partial charge in [0.25, 0.3) is 0 Å². The highest BCUT2D eigenvalue weighted by atomic mass is 32.1. The van der Waals surface area contributed by atoms with Gasteiger partial charge in [0.05, 0.1) is 6.04 Å². The third-order valence-electron chi connectivity index (χ3n) is 4.76. The number of piperazine rings is 1. The summed E-state index contributed by atoms with van der Waals surface area (Å²) in [4.78, 5) is 17.1. The van der Waals surface area contributed by atoms with E-state index in [-0.39, 0.29) is 17.8 Å². The molecule has 1 atom stereocenters. The van der Waals surface area contributed by atoms with E-state index >= 15 is 0 Å². The Balaban J connectivity index is 1.50. The zero-order valence-corrected chi connectivity index (χ0v) is 15.5. The van der Waals surface area contributed by atoms with Crippen LogP contribution in [0.2, 0.25) is 0 Å². The smallest absolute Gasteiger partial charge is 0.241 e. The fraction of sp³-hybridized carbons (Fsp3) is 0.421. The normalized spacial score (nSPS) is 17.4. The van der Waals surface area contributed by atoms with Gasteiger partial charge < -0.3 is 5.32 Å². The minimum absolute atomic E-state index is 0.0884. The SMILES string of the molecule is Cc1ccc(NC(=O)[C@@H](C)N2CCN(Cc3ccsc3)CC2)cc1F. The van der Waals surface area contributed by atoms with E-state index in [4.69, 9.17) is 0 Å². The van der Waals surface area contributed by atoms with Crippen molar-refractivity contribution >= 4 is 22.9 Å². The Morgan fingerprint density at radius 2 is 2.04 bits per heavy atom. The molecule has 1 aliphatic rings. The third kappa shape index (κ3) is 4.66. The van der Waals surface area contributed by atoms with Crippen LogP contribution in [0.15, 0.2) is 35.0 Å². The molecule has 0 saturated carbocycles. The number of amides is 1. The van der Waals surface area contributed by atoms with Crippen molar-refractivity contribution in [3.63, 3.8) is 0 Å². The van der Waals surface area contributed by atoms with Gasteiger partial charge in [-0.05, 0) is 53.9 Å². The van der Waals surface area contributed by atoms with Gasteiger partial charge in [0.15, 0.2) is 0 Å². The molecule has 1 saturated heterocycles. The van der Waals surface area contributed by atoms with Crippen molar-refractivity contribution in [2.24, 2.45) is 0 Å². The Kier molecular flexibility index (Phi) is 5.83. The maximum Gasteiger partial charge on any atom is 0.241 e. The number of benzene rings is 1. The van der Waals surface area contributed by atoms with Gasteiger partial charge in [0, 0.05) is 38.4 Å². The second-order valence-corrected chi connectivity index (χ2v) is 7.35. The fourth-order valence-corrected chi connectivity index (χ4v) is 3.69. The summed E-state index contributed by atoms with van der Waals surface area (Å²) in [5.41, 5.74) is 2.44. The van der Waals surface area contributed by atoms with Crippen molar-refractivity contribution < 1.29 is 9.18 Å². The van der Waals surface area contributed by atoms with E-state index in [9.17, 15) is 9.18 Å². The lowest BCUT2D eigenvalue weighted by atomic mass is 10.2. The number of anilines is 1. The number of nitrogens with one attached hydrogen (secondary N) is 1. The molecule has 0 unspecified atom stereocenters. The van der Waals surface area contributed by atoms with Crippen LogP contribution >= 0.6 is 11.3 Å². The van der Waals surface area contributed by atoms with Crippen molar-refractivity contribution in [2.45, 2.75) is 26.4 Å². The third-order valence-corrected chi connectivity index (χ3v) is 5.49. The summed E-state index contributed by atoms with van der Waals surface area (Å²) in [6.45, 7) is 8.22. The van der Waals surface area contributed by atoms with Crippen LogP contribution in [0, 0.1) is 12.7 Å². The van der Waals surface area contributed by atoms with Crippen LogP contribution in [0.3, 0.4) is 0 Å². The molecule has 1 amide bonds. The summed E-state index contributed by atoms with van der Waals surface area (Å²) in [6, 6.07) is 6.72. The number of carbonyl (C=O) groups excluding carboxylic acids is 1. The summed E-state index contributed by atoms with van der Waals surface area (Å²) in [6.07, 6.45) is 0. The molecule has 2 aromatic rings. The zero-order valence-electron chi connectivity index (χ0n) is 14.7. The number of thiophene rings is 1. The van der Waals surface area contributed by atoms with Gasteiger partial charge in [0.2, 0.25) is 5.91 Å². The van der Waals surface area contributed by atoms with Gasteiger partial charge in [-0.3, -0.25) is 14.6 Å². The average Bonchev–Trinajstić information content (AvgIpc) is 3.11. The Morgan fingerprint density at radius 3 is 2.68 bits per heavy atom. The maximum atomic E-state index is 13.6. The molecule has 0 bridgehead atoms. The van der Waals surface area contributed by atoms with Crippen LogP contribution in [-0.2, 0) is 11.3 Å². The minimum atomic E-state index is -0.299. The van der Waals surface area contributed by atoms with Gasteiger partial charge in [-0.15, -0.1) is 0 Å². The largest absolute Gasteiger partial charge is 0.325 e. The lowest BCUT2D eigenvalue weighted by molar-refractivity contribution is -0.121. The Bertz CT molecular complexity index is 711. The summed E-state index contributed by atoms with van der Waals surface area (Å²) in [5.74, 6) is -0.387. The minimum Gasteiger partial charge on any atom is -0.325 e. The van der Waals surface area contributed by atoms with E-state index in [2.05, 4.69) is 31.9 Å². The molecule has 0 spiro atoms. The van der Waals surface area contributed by atoms with E-state index in [1.165, 1.54) is 11.6 Å². The number of hydrogen-bond acceptors (Lipinski definition) is 4. The fourth-order valence-electron chi connectivity index (χ4n) is 3.03. The highest BCUT2D eigenvalue weighted by Gasteiger charge is 2.25. The molecule has 1 aliphatic heterocycles. The second-order valence-electron chi connectivity index (χ2n) is 6.57. The Morgan fingerprint density at radius 1 is 1.28 bits per heavy atom. The highest BCUT2D eigenvalue weighted by molar-refractivity contribution is 7.07. The quantitative estimate of drug-likeness (QED) is 0.887. The molecule has 3 rings (SSSR count). The Labute approximate surface area is 152 Å². The standard InChI is InChI=1S/C19H24FN3OS/c1-14-3-4-17(11-18(14)20)21-19(24)15(2)23-8-6-22(7-9-23)12-16-5-10-25-13-16/h3-5,10-11,13,15H,6-9,12H2,1-2H3,(H,21,24)/t15-/m1/s1. The first-order valence-electron chi connectivity index (χ1n) is 8.57. The van der Waals surface area contributed by atoms with Crippen LogP contribution in [0.25, 0.3) is 0 Å². The molecule has 0 aliphatic carbocycles. The topological polar surface area (TPSA) is 35.6 Å². The molecule has 4 nitrogen and oxygen atoms in total. The average molecular weight is 361 g/mol. The van der Waals surface area contributed by atoms with Crippen molar-refractivity contribution in [2.75, 3.05) is 31.5 Å². The number of carbonyl (C=O) groups is 1. The van der Waals surface area contributed by atoms with Crippen LogP contribution in [0.1, 0.15) is 18.1 Å².